The molecule has 0 radical (unpaired) electrons. The van der Waals surface area contributed by atoms with Crippen LogP contribution < -0.4 is 9.47 Å². The Balaban J connectivity index is 1.78. The Hall–Kier alpha value is -3.93. The molecule has 30 heavy (non-hydrogen) atoms. The number of rotatable bonds is 7. The Kier molecular flexibility index (Phi) is 5.57. The summed E-state index contributed by atoms with van der Waals surface area (Å²) in [5.41, 5.74) is 3.34. The lowest BCUT2D eigenvalue weighted by atomic mass is 10.1. The maximum Gasteiger partial charge on any atom is 0.181 e. The molecule has 0 N–H and O–H groups in total. The molecular weight excluding hydrogens is 378 g/mol. The van der Waals surface area contributed by atoms with Crippen LogP contribution in [-0.2, 0) is 6.54 Å². The molecule has 0 saturated carbocycles. The lowest BCUT2D eigenvalue weighted by Gasteiger charge is -2.08. The van der Waals surface area contributed by atoms with Gasteiger partial charge in [0.05, 0.1) is 20.8 Å². The van der Waals surface area contributed by atoms with Gasteiger partial charge in [0.1, 0.15) is 17.8 Å². The molecule has 4 rings (SSSR count). The SMILES string of the molecule is COc1ccc(-c2nc(-c3cccc(C=O)c3)nn2Cc2cccc(OC)c2)cc1. The van der Waals surface area contributed by atoms with E-state index in [-0.39, 0.29) is 0 Å². The Bertz CT molecular complexity index is 1170. The number of nitrogens with zero attached hydrogens (tertiary/aromatic N) is 3. The van der Waals surface area contributed by atoms with E-state index in [2.05, 4.69) is 0 Å². The van der Waals surface area contributed by atoms with Crippen molar-refractivity contribution in [2.24, 2.45) is 0 Å². The molecule has 0 amide bonds. The molecule has 0 unspecified atom stereocenters. The molecule has 0 aliphatic carbocycles. The van der Waals surface area contributed by atoms with Crippen LogP contribution >= 0.6 is 0 Å². The van der Waals surface area contributed by atoms with Gasteiger partial charge in [-0.1, -0.05) is 30.3 Å². The van der Waals surface area contributed by atoms with Gasteiger partial charge < -0.3 is 9.47 Å². The maximum absolute atomic E-state index is 11.2. The summed E-state index contributed by atoms with van der Waals surface area (Å²) in [5.74, 6) is 2.86. The smallest absolute Gasteiger partial charge is 0.181 e. The minimum Gasteiger partial charge on any atom is -0.497 e. The first-order valence-corrected chi connectivity index (χ1v) is 9.48. The summed E-state index contributed by atoms with van der Waals surface area (Å²) >= 11 is 0. The molecule has 0 saturated heterocycles. The summed E-state index contributed by atoms with van der Waals surface area (Å²) in [6.07, 6.45) is 0.821. The third-order valence-electron chi connectivity index (χ3n) is 4.77. The van der Waals surface area contributed by atoms with Crippen LogP contribution in [-0.4, -0.2) is 35.3 Å². The van der Waals surface area contributed by atoms with Crippen molar-refractivity contribution in [2.45, 2.75) is 6.54 Å². The number of hydrogen-bond acceptors (Lipinski definition) is 5. The molecule has 1 heterocycles. The zero-order chi connectivity index (χ0) is 20.9. The van der Waals surface area contributed by atoms with Crippen molar-refractivity contribution < 1.29 is 14.3 Å². The number of hydrogen-bond donors (Lipinski definition) is 0. The van der Waals surface area contributed by atoms with Crippen LogP contribution in [0.5, 0.6) is 11.5 Å². The van der Waals surface area contributed by atoms with Crippen molar-refractivity contribution in [1.29, 1.82) is 0 Å². The van der Waals surface area contributed by atoms with Crippen molar-refractivity contribution in [2.75, 3.05) is 14.2 Å². The van der Waals surface area contributed by atoms with Crippen LogP contribution in [0, 0.1) is 0 Å². The molecule has 0 aliphatic heterocycles. The maximum atomic E-state index is 11.2. The van der Waals surface area contributed by atoms with E-state index in [1.165, 1.54) is 0 Å². The summed E-state index contributed by atoms with van der Waals surface area (Å²) in [6.45, 7) is 0.527. The number of ether oxygens (including phenoxy) is 2. The number of carbonyl (C=O) groups is 1. The fourth-order valence-electron chi connectivity index (χ4n) is 3.22. The average molecular weight is 399 g/mol. The van der Waals surface area contributed by atoms with Gasteiger partial charge in [0.15, 0.2) is 11.6 Å². The van der Waals surface area contributed by atoms with Gasteiger partial charge in [-0.05, 0) is 48.0 Å². The van der Waals surface area contributed by atoms with Crippen LogP contribution in [0.25, 0.3) is 22.8 Å². The number of aldehydes is 1. The second-order valence-electron chi connectivity index (χ2n) is 6.74. The summed E-state index contributed by atoms with van der Waals surface area (Å²) in [7, 11) is 3.29. The first-order chi connectivity index (χ1) is 14.7. The zero-order valence-electron chi connectivity index (χ0n) is 16.8. The number of benzene rings is 3. The van der Waals surface area contributed by atoms with Gasteiger partial charge >= 0.3 is 0 Å². The van der Waals surface area contributed by atoms with E-state index < -0.39 is 0 Å². The van der Waals surface area contributed by atoms with Crippen molar-refractivity contribution in [3.63, 3.8) is 0 Å². The monoisotopic (exact) mass is 399 g/mol. The van der Waals surface area contributed by atoms with Crippen molar-refractivity contribution in [3.05, 3.63) is 83.9 Å². The molecule has 6 heteroatoms. The predicted octanol–water partition coefficient (Wildman–Crippen LogP) is 4.49. The number of aromatic nitrogens is 3. The van der Waals surface area contributed by atoms with Crippen molar-refractivity contribution >= 4 is 6.29 Å². The molecule has 0 fully saturated rings. The van der Waals surface area contributed by atoms with Crippen LogP contribution in [0.1, 0.15) is 15.9 Å². The average Bonchev–Trinajstić information content (AvgIpc) is 3.23. The highest BCUT2D eigenvalue weighted by Crippen LogP contribution is 2.26. The first kappa shape index (κ1) is 19.4. The molecule has 0 atom stereocenters. The molecule has 3 aromatic carbocycles. The summed E-state index contributed by atoms with van der Waals surface area (Å²) < 4.78 is 12.5. The quantitative estimate of drug-likeness (QED) is 0.429. The molecule has 0 spiro atoms. The Morgan fingerprint density at radius 2 is 1.63 bits per heavy atom. The van der Waals surface area contributed by atoms with E-state index in [0.717, 1.165) is 40.3 Å². The lowest BCUT2D eigenvalue weighted by Crippen LogP contribution is -2.04. The second kappa shape index (κ2) is 8.61. The van der Waals surface area contributed by atoms with E-state index in [9.17, 15) is 4.79 Å². The predicted molar refractivity (Wildman–Crippen MR) is 115 cm³/mol. The van der Waals surface area contributed by atoms with E-state index in [4.69, 9.17) is 19.6 Å². The topological polar surface area (TPSA) is 66.2 Å². The number of methoxy groups -OCH3 is 2. The van der Waals surface area contributed by atoms with E-state index in [1.807, 2.05) is 65.3 Å². The standard InChI is InChI=1S/C24H21N3O3/c1-29-21-11-9-19(10-12-21)24-25-23(20-7-3-6-18(13-20)16-28)26-27(24)15-17-5-4-8-22(14-17)30-2/h3-14,16H,15H2,1-2H3. The highest BCUT2D eigenvalue weighted by molar-refractivity contribution is 5.78. The Labute approximate surface area is 174 Å². The fourth-order valence-corrected chi connectivity index (χ4v) is 3.22. The third kappa shape index (κ3) is 4.07. The van der Waals surface area contributed by atoms with Gasteiger partial charge in [0.25, 0.3) is 0 Å². The normalized spacial score (nSPS) is 10.6. The zero-order valence-corrected chi connectivity index (χ0v) is 16.8. The van der Waals surface area contributed by atoms with Gasteiger partial charge in [-0.25, -0.2) is 9.67 Å². The van der Waals surface area contributed by atoms with Gasteiger partial charge in [-0.15, -0.1) is 0 Å². The van der Waals surface area contributed by atoms with E-state index in [1.54, 1.807) is 26.4 Å². The molecule has 0 aliphatic rings. The van der Waals surface area contributed by atoms with Crippen LogP contribution in [0.3, 0.4) is 0 Å². The molecule has 0 bridgehead atoms. The summed E-state index contributed by atoms with van der Waals surface area (Å²) in [6, 6.07) is 22.8. The van der Waals surface area contributed by atoms with Gasteiger partial charge in [-0.2, -0.15) is 5.10 Å². The Morgan fingerprint density at radius 3 is 2.37 bits per heavy atom. The fraction of sp³-hybridized carbons (Fsp3) is 0.125. The van der Waals surface area contributed by atoms with Gasteiger partial charge in [-0.3, -0.25) is 4.79 Å². The molecular formula is C24H21N3O3. The molecule has 6 nitrogen and oxygen atoms in total. The Morgan fingerprint density at radius 1 is 0.867 bits per heavy atom. The summed E-state index contributed by atoms with van der Waals surface area (Å²) in [5, 5.41) is 4.74. The van der Waals surface area contributed by atoms with Gasteiger partial charge in [0.2, 0.25) is 0 Å². The van der Waals surface area contributed by atoms with E-state index >= 15 is 0 Å². The largest absolute Gasteiger partial charge is 0.497 e. The van der Waals surface area contributed by atoms with Crippen molar-refractivity contribution in [1.82, 2.24) is 14.8 Å². The second-order valence-corrected chi connectivity index (χ2v) is 6.74. The molecule has 1 aromatic heterocycles. The van der Waals surface area contributed by atoms with Gasteiger partial charge in [0, 0.05) is 16.7 Å². The minimum absolute atomic E-state index is 0.527. The minimum atomic E-state index is 0.527. The molecule has 4 aromatic rings. The van der Waals surface area contributed by atoms with Crippen LogP contribution in [0.4, 0.5) is 0 Å². The first-order valence-electron chi connectivity index (χ1n) is 9.48. The van der Waals surface area contributed by atoms with Crippen molar-refractivity contribution in [3.8, 4) is 34.3 Å². The third-order valence-corrected chi connectivity index (χ3v) is 4.77. The van der Waals surface area contributed by atoms with E-state index in [0.29, 0.717) is 17.9 Å². The highest BCUT2D eigenvalue weighted by Gasteiger charge is 2.15. The number of carbonyl (C=O) groups excluding carboxylic acids is 1. The van der Waals surface area contributed by atoms with Crippen LogP contribution in [0.2, 0.25) is 0 Å². The van der Waals surface area contributed by atoms with Crippen LogP contribution in [0.15, 0.2) is 72.8 Å². The highest BCUT2D eigenvalue weighted by atomic mass is 16.5. The lowest BCUT2D eigenvalue weighted by molar-refractivity contribution is 0.112. The summed E-state index contributed by atoms with van der Waals surface area (Å²) in [4.78, 5) is 16.0. The molecule has 150 valence electrons.